The number of carbonyl (C=O) groups is 1. The average Bonchev–Trinajstić information content (AvgIpc) is 3.09. The highest BCUT2D eigenvalue weighted by molar-refractivity contribution is 5.80. The van der Waals surface area contributed by atoms with E-state index < -0.39 is 36.9 Å². The zero-order valence-electron chi connectivity index (χ0n) is 31.7. The summed E-state index contributed by atoms with van der Waals surface area (Å²) in [6.45, 7) is 4.01. The first-order valence-corrected chi connectivity index (χ1v) is 20.7. The molecule has 0 radical (unpaired) electrons. The molecule has 0 aliphatic heterocycles. The van der Waals surface area contributed by atoms with Crippen LogP contribution >= 0.6 is 0 Å². The summed E-state index contributed by atoms with van der Waals surface area (Å²) in [5.41, 5.74) is 0. The molecule has 284 valence electrons. The number of aliphatic hydroxyl groups is 4. The topological polar surface area (TPSA) is 110 Å². The van der Waals surface area contributed by atoms with Crippen molar-refractivity contribution in [3.05, 3.63) is 24.3 Å². The van der Waals surface area contributed by atoms with Crippen LogP contribution in [0.15, 0.2) is 24.3 Å². The Morgan fingerprint density at radius 1 is 0.500 bits per heavy atom. The first-order valence-electron chi connectivity index (χ1n) is 20.7. The number of unbranched alkanes of at least 4 members (excludes halogenated alkanes) is 24. The predicted molar refractivity (Wildman–Crippen MR) is 205 cm³/mol. The van der Waals surface area contributed by atoms with Gasteiger partial charge in [-0.25, -0.2) is 0 Å². The number of rotatable bonds is 37. The molecule has 1 amide bonds. The first-order chi connectivity index (χ1) is 23.5. The number of nitrogens with one attached hydrogen (secondary N) is 1. The van der Waals surface area contributed by atoms with Gasteiger partial charge in [0.1, 0.15) is 12.2 Å². The lowest BCUT2D eigenvalue weighted by Crippen LogP contribution is -2.53. The van der Waals surface area contributed by atoms with Crippen molar-refractivity contribution < 1.29 is 25.2 Å². The molecule has 6 heteroatoms. The fraction of sp³-hybridized carbons (Fsp3) is 0.881. The number of hydrogen-bond acceptors (Lipinski definition) is 5. The van der Waals surface area contributed by atoms with Crippen LogP contribution in [0, 0.1) is 0 Å². The lowest BCUT2D eigenvalue weighted by Gasteiger charge is -2.27. The van der Waals surface area contributed by atoms with Crippen molar-refractivity contribution in [1.82, 2.24) is 5.32 Å². The van der Waals surface area contributed by atoms with E-state index in [0.29, 0.717) is 12.8 Å². The minimum atomic E-state index is -1.28. The van der Waals surface area contributed by atoms with Crippen LogP contribution in [-0.2, 0) is 4.79 Å². The van der Waals surface area contributed by atoms with Crippen molar-refractivity contribution in [2.45, 2.75) is 231 Å². The second kappa shape index (κ2) is 37.1. The molecule has 0 aliphatic rings. The molecule has 0 aromatic carbocycles. The molecule has 48 heavy (non-hydrogen) atoms. The van der Waals surface area contributed by atoms with E-state index in [-0.39, 0.29) is 0 Å². The molecular formula is C42H81NO5. The summed E-state index contributed by atoms with van der Waals surface area (Å²) in [7, 11) is 0. The molecule has 0 aliphatic carbocycles. The highest BCUT2D eigenvalue weighted by Crippen LogP contribution is 2.15. The van der Waals surface area contributed by atoms with E-state index in [0.717, 1.165) is 38.5 Å². The summed E-state index contributed by atoms with van der Waals surface area (Å²) in [5.74, 6) is -0.595. The molecule has 0 saturated heterocycles. The van der Waals surface area contributed by atoms with Crippen molar-refractivity contribution in [3.8, 4) is 0 Å². The summed E-state index contributed by atoms with van der Waals surface area (Å²) in [5, 5.41) is 43.5. The quantitative estimate of drug-likeness (QED) is 0.0332. The van der Waals surface area contributed by atoms with Gasteiger partial charge in [0.15, 0.2) is 0 Å². The first kappa shape index (κ1) is 46.8. The van der Waals surface area contributed by atoms with Crippen molar-refractivity contribution >= 4 is 5.91 Å². The summed E-state index contributed by atoms with van der Waals surface area (Å²) in [6, 6.07) is -0.999. The lowest BCUT2D eigenvalue weighted by atomic mass is 10.00. The summed E-state index contributed by atoms with van der Waals surface area (Å²) >= 11 is 0. The highest BCUT2D eigenvalue weighted by atomic mass is 16.3. The fourth-order valence-electron chi connectivity index (χ4n) is 6.28. The van der Waals surface area contributed by atoms with Crippen LogP contribution in [-0.4, -0.2) is 57.3 Å². The van der Waals surface area contributed by atoms with Gasteiger partial charge in [-0.05, 0) is 64.2 Å². The Morgan fingerprint density at radius 3 is 1.25 bits per heavy atom. The van der Waals surface area contributed by atoms with Crippen molar-refractivity contribution in [2.75, 3.05) is 6.61 Å². The van der Waals surface area contributed by atoms with E-state index in [1.54, 1.807) is 0 Å². The van der Waals surface area contributed by atoms with Gasteiger partial charge in [-0.15, -0.1) is 0 Å². The SMILES string of the molecule is CCCCCCCC/C=C\CCCCCCCCCCCC[C@@H](O)C(=O)N[C@@H](CO)[C@H](O)[C@H](O)CCC/C=C/CCCCCCCCC. The predicted octanol–water partition coefficient (Wildman–Crippen LogP) is 10.4. The molecule has 0 aromatic heterocycles. The molecule has 0 aromatic rings. The van der Waals surface area contributed by atoms with Crippen LogP contribution in [0.3, 0.4) is 0 Å². The largest absolute Gasteiger partial charge is 0.394 e. The molecular weight excluding hydrogens is 598 g/mol. The van der Waals surface area contributed by atoms with E-state index in [1.807, 2.05) is 0 Å². The monoisotopic (exact) mass is 680 g/mol. The third-order valence-corrected chi connectivity index (χ3v) is 9.63. The number of carbonyl (C=O) groups excluding carboxylic acids is 1. The van der Waals surface area contributed by atoms with E-state index >= 15 is 0 Å². The number of amides is 1. The number of aliphatic hydroxyl groups excluding tert-OH is 4. The summed E-state index contributed by atoms with van der Waals surface area (Å²) in [4.78, 5) is 12.5. The van der Waals surface area contributed by atoms with Crippen LogP contribution in [0.2, 0.25) is 0 Å². The van der Waals surface area contributed by atoms with Gasteiger partial charge in [0.25, 0.3) is 0 Å². The Balaban J connectivity index is 3.76. The summed E-state index contributed by atoms with van der Waals surface area (Å²) < 4.78 is 0. The van der Waals surface area contributed by atoms with Crippen molar-refractivity contribution in [1.29, 1.82) is 0 Å². The molecule has 4 atom stereocenters. The highest BCUT2D eigenvalue weighted by Gasteiger charge is 2.28. The Bertz CT molecular complexity index is 727. The second-order valence-electron chi connectivity index (χ2n) is 14.3. The second-order valence-corrected chi connectivity index (χ2v) is 14.3. The van der Waals surface area contributed by atoms with E-state index in [9.17, 15) is 25.2 Å². The van der Waals surface area contributed by atoms with Gasteiger partial charge in [0.2, 0.25) is 5.91 Å². The Hall–Kier alpha value is -1.21. The van der Waals surface area contributed by atoms with E-state index in [2.05, 4.69) is 43.5 Å². The van der Waals surface area contributed by atoms with Crippen LogP contribution in [0.1, 0.15) is 206 Å². The van der Waals surface area contributed by atoms with Gasteiger partial charge < -0.3 is 25.7 Å². The maximum Gasteiger partial charge on any atom is 0.249 e. The van der Waals surface area contributed by atoms with Crippen LogP contribution < -0.4 is 5.32 Å². The van der Waals surface area contributed by atoms with E-state index in [4.69, 9.17) is 0 Å². The minimum absolute atomic E-state index is 0.362. The average molecular weight is 680 g/mol. The standard InChI is InChI=1S/C42H81NO5/c1-3-5-7-9-11-13-15-17-18-19-20-21-22-23-24-26-28-30-32-34-36-40(46)42(48)43-38(37-44)41(47)39(45)35-33-31-29-27-25-16-14-12-10-8-6-4-2/h17-18,27,29,38-41,44-47H,3-16,19-26,28,30-37H2,1-2H3,(H,43,48)/b18-17-,29-27+/t38-,39+,40+,41-/m0/s1. The molecule has 0 spiro atoms. The third kappa shape index (κ3) is 30.8. The normalized spacial score (nSPS) is 14.5. The Morgan fingerprint density at radius 2 is 0.854 bits per heavy atom. The molecule has 0 unspecified atom stereocenters. The molecule has 0 saturated carbocycles. The van der Waals surface area contributed by atoms with Gasteiger partial charge >= 0.3 is 0 Å². The zero-order valence-corrected chi connectivity index (χ0v) is 31.7. The van der Waals surface area contributed by atoms with Crippen LogP contribution in [0.25, 0.3) is 0 Å². The van der Waals surface area contributed by atoms with Crippen molar-refractivity contribution in [3.63, 3.8) is 0 Å². The van der Waals surface area contributed by atoms with Crippen LogP contribution in [0.5, 0.6) is 0 Å². The Kier molecular flexibility index (Phi) is 36.1. The fourth-order valence-corrected chi connectivity index (χ4v) is 6.28. The van der Waals surface area contributed by atoms with Gasteiger partial charge in [-0.3, -0.25) is 4.79 Å². The van der Waals surface area contributed by atoms with Crippen LogP contribution in [0.4, 0.5) is 0 Å². The molecule has 0 rings (SSSR count). The van der Waals surface area contributed by atoms with Gasteiger partial charge in [-0.2, -0.15) is 0 Å². The summed E-state index contributed by atoms with van der Waals surface area (Å²) in [6.07, 6.45) is 40.6. The van der Waals surface area contributed by atoms with Gasteiger partial charge in [0.05, 0.1) is 18.8 Å². The molecule has 0 heterocycles. The number of allylic oxidation sites excluding steroid dienone is 4. The maximum atomic E-state index is 12.5. The zero-order chi connectivity index (χ0) is 35.3. The molecule has 0 bridgehead atoms. The molecule has 0 fully saturated rings. The minimum Gasteiger partial charge on any atom is -0.394 e. The molecule has 6 nitrogen and oxygen atoms in total. The third-order valence-electron chi connectivity index (χ3n) is 9.63. The van der Waals surface area contributed by atoms with Crippen molar-refractivity contribution in [2.24, 2.45) is 0 Å². The van der Waals surface area contributed by atoms with Gasteiger partial charge in [0, 0.05) is 0 Å². The molecule has 5 N–H and O–H groups in total. The smallest absolute Gasteiger partial charge is 0.249 e. The Labute approximate surface area is 297 Å². The maximum absolute atomic E-state index is 12.5. The van der Waals surface area contributed by atoms with E-state index in [1.165, 1.54) is 141 Å². The number of hydrogen-bond donors (Lipinski definition) is 5. The van der Waals surface area contributed by atoms with Gasteiger partial charge in [-0.1, -0.05) is 167 Å². The lowest BCUT2D eigenvalue weighted by molar-refractivity contribution is -0.132.